The van der Waals surface area contributed by atoms with E-state index in [1.807, 2.05) is 26.0 Å². The van der Waals surface area contributed by atoms with Gasteiger partial charge in [0.05, 0.1) is 0 Å². The zero-order chi connectivity index (χ0) is 16.0. The first-order valence-corrected chi connectivity index (χ1v) is 7.41. The van der Waals surface area contributed by atoms with Crippen LogP contribution in [0.3, 0.4) is 0 Å². The molecule has 1 aromatic rings. The summed E-state index contributed by atoms with van der Waals surface area (Å²) in [6.45, 7) is 11.2. The van der Waals surface area contributed by atoms with Crippen molar-refractivity contribution in [1.82, 2.24) is 5.32 Å². The Morgan fingerprint density at radius 2 is 1.81 bits per heavy atom. The van der Waals surface area contributed by atoms with Crippen molar-refractivity contribution in [1.29, 1.82) is 0 Å². The highest BCUT2D eigenvalue weighted by Gasteiger charge is 2.20. The summed E-state index contributed by atoms with van der Waals surface area (Å²) in [6, 6.07) is 7.51. The largest absolute Gasteiger partial charge is 0.492 e. The fraction of sp³-hybridized carbons (Fsp3) is 0.588. The fourth-order valence-electron chi connectivity index (χ4n) is 2.04. The lowest BCUT2D eigenvalue weighted by Gasteiger charge is -2.20. The van der Waals surface area contributed by atoms with Gasteiger partial charge in [0.15, 0.2) is 0 Å². The molecule has 1 unspecified atom stereocenters. The molecule has 2 N–H and O–H groups in total. The maximum Gasteiger partial charge on any atom is 0.320 e. The summed E-state index contributed by atoms with van der Waals surface area (Å²) in [5.74, 6) is 0.0364. The van der Waals surface area contributed by atoms with E-state index in [2.05, 4.69) is 38.2 Å². The van der Waals surface area contributed by atoms with Crippen molar-refractivity contribution in [2.75, 3.05) is 13.2 Å². The zero-order valence-electron chi connectivity index (χ0n) is 13.6. The van der Waals surface area contributed by atoms with Gasteiger partial charge in [0.1, 0.15) is 18.4 Å². The van der Waals surface area contributed by atoms with E-state index in [0.717, 1.165) is 5.75 Å². The predicted octanol–water partition coefficient (Wildman–Crippen LogP) is 3.06. The van der Waals surface area contributed by atoms with Crippen LogP contribution in [0.2, 0.25) is 0 Å². The van der Waals surface area contributed by atoms with Gasteiger partial charge in [-0.1, -0.05) is 46.8 Å². The topological polar surface area (TPSA) is 58.6 Å². The molecule has 1 atom stereocenters. The zero-order valence-corrected chi connectivity index (χ0v) is 13.6. The lowest BCUT2D eigenvalue weighted by Crippen LogP contribution is -2.42. The summed E-state index contributed by atoms with van der Waals surface area (Å²) in [7, 11) is 0. The molecule has 0 saturated heterocycles. The van der Waals surface area contributed by atoms with Crippen LogP contribution in [0.15, 0.2) is 24.3 Å². The minimum atomic E-state index is -0.820. The van der Waals surface area contributed by atoms with Gasteiger partial charge in [-0.2, -0.15) is 0 Å². The quantitative estimate of drug-likeness (QED) is 0.759. The van der Waals surface area contributed by atoms with Gasteiger partial charge in [-0.15, -0.1) is 0 Å². The Bertz CT molecular complexity index is 446. The monoisotopic (exact) mass is 293 g/mol. The first kappa shape index (κ1) is 17.5. The summed E-state index contributed by atoms with van der Waals surface area (Å²) in [6.07, 6.45) is 0. The number of rotatable bonds is 7. The van der Waals surface area contributed by atoms with Crippen LogP contribution >= 0.6 is 0 Å². The van der Waals surface area contributed by atoms with Gasteiger partial charge >= 0.3 is 5.97 Å². The average Bonchev–Trinajstić information content (AvgIpc) is 2.37. The van der Waals surface area contributed by atoms with Gasteiger partial charge in [-0.3, -0.25) is 4.79 Å². The highest BCUT2D eigenvalue weighted by atomic mass is 16.5. The van der Waals surface area contributed by atoms with Crippen LogP contribution in [0.5, 0.6) is 5.75 Å². The van der Waals surface area contributed by atoms with Crippen molar-refractivity contribution in [3.63, 3.8) is 0 Å². The molecule has 1 rings (SSSR count). The number of benzene rings is 1. The minimum Gasteiger partial charge on any atom is -0.492 e. The maximum absolute atomic E-state index is 11.0. The molecule has 0 saturated carbocycles. The number of hydrogen-bond donors (Lipinski definition) is 2. The van der Waals surface area contributed by atoms with Crippen LogP contribution in [-0.2, 0) is 10.2 Å². The molecular weight excluding hydrogens is 266 g/mol. The number of carboxylic acid groups (broad SMARTS) is 1. The van der Waals surface area contributed by atoms with Crippen LogP contribution in [-0.4, -0.2) is 30.3 Å². The molecule has 21 heavy (non-hydrogen) atoms. The lowest BCUT2D eigenvalue weighted by atomic mass is 9.87. The maximum atomic E-state index is 11.0. The van der Waals surface area contributed by atoms with E-state index in [1.54, 1.807) is 0 Å². The molecule has 0 fully saturated rings. The van der Waals surface area contributed by atoms with Gasteiger partial charge in [-0.05, 0) is 29.0 Å². The molecule has 0 aliphatic carbocycles. The van der Waals surface area contributed by atoms with Crippen LogP contribution < -0.4 is 10.1 Å². The number of aliphatic carboxylic acids is 1. The van der Waals surface area contributed by atoms with Crippen molar-refractivity contribution in [3.8, 4) is 5.75 Å². The third kappa shape index (κ3) is 5.76. The van der Waals surface area contributed by atoms with Gasteiger partial charge in [0, 0.05) is 6.54 Å². The molecule has 1 aromatic carbocycles. The Kier molecular flexibility index (Phi) is 6.21. The predicted molar refractivity (Wildman–Crippen MR) is 84.9 cm³/mol. The molecule has 4 nitrogen and oxygen atoms in total. The van der Waals surface area contributed by atoms with Gasteiger partial charge in [-0.25, -0.2) is 0 Å². The summed E-state index contributed by atoms with van der Waals surface area (Å²) >= 11 is 0. The van der Waals surface area contributed by atoms with Crippen LogP contribution in [0.4, 0.5) is 0 Å². The van der Waals surface area contributed by atoms with E-state index < -0.39 is 12.0 Å². The molecule has 0 aromatic heterocycles. The highest BCUT2D eigenvalue weighted by Crippen LogP contribution is 2.24. The molecule has 0 radical (unpaired) electrons. The second-order valence-electron chi connectivity index (χ2n) is 6.64. The van der Waals surface area contributed by atoms with Gasteiger partial charge < -0.3 is 15.2 Å². The average molecular weight is 293 g/mol. The van der Waals surface area contributed by atoms with Crippen LogP contribution in [0.25, 0.3) is 0 Å². The highest BCUT2D eigenvalue weighted by molar-refractivity contribution is 5.73. The Morgan fingerprint density at radius 3 is 2.24 bits per heavy atom. The number of nitrogens with one attached hydrogen (secondary N) is 1. The normalized spacial score (nSPS) is 13.2. The van der Waals surface area contributed by atoms with Crippen molar-refractivity contribution < 1.29 is 14.6 Å². The molecule has 0 aliphatic rings. The molecule has 0 amide bonds. The number of carbonyl (C=O) groups is 1. The number of ether oxygens (including phenoxy) is 1. The molecule has 0 bridgehead atoms. The third-order valence-corrected chi connectivity index (χ3v) is 3.39. The Balaban J connectivity index is 2.41. The third-order valence-electron chi connectivity index (χ3n) is 3.39. The van der Waals surface area contributed by atoms with Crippen molar-refractivity contribution in [2.24, 2.45) is 5.92 Å². The van der Waals surface area contributed by atoms with E-state index in [4.69, 9.17) is 9.84 Å². The minimum absolute atomic E-state index is 0.0496. The summed E-state index contributed by atoms with van der Waals surface area (Å²) in [5.41, 5.74) is 1.39. The van der Waals surface area contributed by atoms with E-state index in [9.17, 15) is 4.79 Å². The number of hydrogen-bond acceptors (Lipinski definition) is 3. The number of carboxylic acids is 1. The van der Waals surface area contributed by atoms with Crippen molar-refractivity contribution >= 4 is 5.97 Å². The first-order valence-electron chi connectivity index (χ1n) is 7.41. The van der Waals surface area contributed by atoms with Crippen molar-refractivity contribution in [2.45, 2.75) is 46.1 Å². The summed E-state index contributed by atoms with van der Waals surface area (Å²) < 4.78 is 5.63. The Hall–Kier alpha value is -1.55. The molecule has 4 heteroatoms. The van der Waals surface area contributed by atoms with E-state index in [0.29, 0.717) is 13.2 Å². The molecule has 0 aliphatic heterocycles. The molecular formula is C17H27NO3. The van der Waals surface area contributed by atoms with Crippen LogP contribution in [0.1, 0.15) is 40.2 Å². The van der Waals surface area contributed by atoms with Crippen molar-refractivity contribution in [3.05, 3.63) is 29.8 Å². The SMILES string of the molecule is CC(C)C(NCCOc1ccc(C(C)(C)C)cc1)C(=O)O. The molecule has 118 valence electrons. The van der Waals surface area contributed by atoms with Crippen LogP contribution in [0, 0.1) is 5.92 Å². The van der Waals surface area contributed by atoms with E-state index >= 15 is 0 Å². The Labute approximate surface area is 127 Å². The standard InChI is InChI=1S/C17H27NO3/c1-12(2)15(16(19)20)18-10-11-21-14-8-6-13(7-9-14)17(3,4)5/h6-9,12,15,18H,10-11H2,1-5H3,(H,19,20). The second-order valence-corrected chi connectivity index (χ2v) is 6.64. The molecule has 0 heterocycles. The lowest BCUT2D eigenvalue weighted by molar-refractivity contribution is -0.140. The second kappa shape index (κ2) is 7.46. The Morgan fingerprint density at radius 1 is 1.24 bits per heavy atom. The van der Waals surface area contributed by atoms with E-state index in [-0.39, 0.29) is 11.3 Å². The van der Waals surface area contributed by atoms with Gasteiger partial charge in [0.2, 0.25) is 0 Å². The fourth-order valence-corrected chi connectivity index (χ4v) is 2.04. The summed E-state index contributed by atoms with van der Waals surface area (Å²) in [5, 5.41) is 12.1. The van der Waals surface area contributed by atoms with Gasteiger partial charge in [0.25, 0.3) is 0 Å². The smallest absolute Gasteiger partial charge is 0.320 e. The van der Waals surface area contributed by atoms with E-state index in [1.165, 1.54) is 5.56 Å². The molecule has 0 spiro atoms. The summed E-state index contributed by atoms with van der Waals surface area (Å²) in [4.78, 5) is 11.0. The first-order chi connectivity index (χ1) is 9.71.